The fourth-order valence-corrected chi connectivity index (χ4v) is 1.86. The van der Waals surface area contributed by atoms with Gasteiger partial charge in [0.25, 0.3) is 0 Å². The van der Waals surface area contributed by atoms with Crippen LogP contribution in [0.1, 0.15) is 44.2 Å². The molecule has 0 amide bonds. The Bertz CT molecular complexity index is 335. The van der Waals surface area contributed by atoms with E-state index in [1.807, 2.05) is 0 Å². The highest BCUT2D eigenvalue weighted by Crippen LogP contribution is 2.26. The zero-order valence-electron chi connectivity index (χ0n) is 9.68. The van der Waals surface area contributed by atoms with Gasteiger partial charge in [0.15, 0.2) is 0 Å². The fourth-order valence-electron chi connectivity index (χ4n) is 1.67. The largest absolute Gasteiger partial charge is 0.324 e. The molecule has 0 heterocycles. The van der Waals surface area contributed by atoms with Crippen LogP contribution in [0.15, 0.2) is 12.1 Å². The molecule has 0 saturated heterocycles. The second kappa shape index (κ2) is 7.85. The standard InChI is InChI=1S/C12H16ClF2N.ClH/c1-2-3-4-5-11(16)12-9(14)6-8(13)7-10(12)15;/h6-7,11H,2-5,16H2,1H3;1H/t11-;/m1./s1. The predicted molar refractivity (Wildman–Crippen MR) is 69.7 cm³/mol. The van der Waals surface area contributed by atoms with E-state index in [2.05, 4.69) is 6.92 Å². The molecule has 98 valence electrons. The van der Waals surface area contributed by atoms with Gasteiger partial charge in [0, 0.05) is 16.6 Å². The van der Waals surface area contributed by atoms with Crippen LogP contribution in [0.3, 0.4) is 0 Å². The van der Waals surface area contributed by atoms with Crippen LogP contribution in [-0.2, 0) is 0 Å². The number of benzene rings is 1. The van der Waals surface area contributed by atoms with E-state index in [4.69, 9.17) is 17.3 Å². The summed E-state index contributed by atoms with van der Waals surface area (Å²) in [5.41, 5.74) is 5.71. The number of rotatable bonds is 5. The molecule has 1 rings (SSSR count). The lowest BCUT2D eigenvalue weighted by Crippen LogP contribution is -2.14. The lowest BCUT2D eigenvalue weighted by atomic mass is 10.0. The van der Waals surface area contributed by atoms with Gasteiger partial charge < -0.3 is 5.73 Å². The van der Waals surface area contributed by atoms with Crippen molar-refractivity contribution in [3.8, 4) is 0 Å². The molecule has 0 aromatic heterocycles. The Hall–Kier alpha value is -0.380. The molecular weight excluding hydrogens is 267 g/mol. The van der Waals surface area contributed by atoms with E-state index in [1.54, 1.807) is 0 Å². The summed E-state index contributed by atoms with van der Waals surface area (Å²) in [5.74, 6) is -1.32. The minimum absolute atomic E-state index is 0. The van der Waals surface area contributed by atoms with Crippen molar-refractivity contribution in [3.63, 3.8) is 0 Å². The van der Waals surface area contributed by atoms with Gasteiger partial charge in [-0.15, -0.1) is 12.4 Å². The Balaban J connectivity index is 0.00000256. The molecule has 1 atom stereocenters. The maximum atomic E-state index is 13.5. The number of nitrogens with two attached hydrogens (primary N) is 1. The molecule has 0 spiro atoms. The Morgan fingerprint density at radius 1 is 1.24 bits per heavy atom. The molecule has 2 N–H and O–H groups in total. The summed E-state index contributed by atoms with van der Waals surface area (Å²) >= 11 is 5.53. The molecule has 5 heteroatoms. The van der Waals surface area contributed by atoms with Crippen LogP contribution in [0, 0.1) is 11.6 Å². The molecule has 0 bridgehead atoms. The minimum Gasteiger partial charge on any atom is -0.324 e. The van der Waals surface area contributed by atoms with Crippen LogP contribution in [0.4, 0.5) is 8.78 Å². The van der Waals surface area contributed by atoms with Crippen molar-refractivity contribution in [1.82, 2.24) is 0 Å². The maximum Gasteiger partial charge on any atom is 0.132 e. The first-order chi connectivity index (χ1) is 7.56. The van der Waals surface area contributed by atoms with E-state index < -0.39 is 17.7 Å². The average molecular weight is 284 g/mol. The number of hydrogen-bond donors (Lipinski definition) is 1. The summed E-state index contributed by atoms with van der Waals surface area (Å²) in [6.45, 7) is 2.06. The van der Waals surface area contributed by atoms with Gasteiger partial charge in [0.2, 0.25) is 0 Å². The normalized spacial score (nSPS) is 12.1. The first-order valence-corrected chi connectivity index (χ1v) is 5.84. The Morgan fingerprint density at radius 3 is 2.24 bits per heavy atom. The smallest absolute Gasteiger partial charge is 0.132 e. The fraction of sp³-hybridized carbons (Fsp3) is 0.500. The van der Waals surface area contributed by atoms with Gasteiger partial charge in [-0.1, -0.05) is 37.8 Å². The van der Waals surface area contributed by atoms with Crippen LogP contribution in [0.25, 0.3) is 0 Å². The van der Waals surface area contributed by atoms with E-state index in [1.165, 1.54) is 0 Å². The monoisotopic (exact) mass is 283 g/mol. The summed E-state index contributed by atoms with van der Waals surface area (Å²) in [6.07, 6.45) is 3.53. The number of unbranched alkanes of at least 4 members (excludes halogenated alkanes) is 2. The van der Waals surface area contributed by atoms with Crippen LogP contribution in [-0.4, -0.2) is 0 Å². The molecule has 0 aliphatic carbocycles. The van der Waals surface area contributed by atoms with Gasteiger partial charge in [-0.25, -0.2) is 8.78 Å². The second-order valence-corrected chi connectivity index (χ2v) is 4.32. The first-order valence-electron chi connectivity index (χ1n) is 5.46. The summed E-state index contributed by atoms with van der Waals surface area (Å²) < 4.78 is 26.9. The van der Waals surface area contributed by atoms with Gasteiger partial charge in [0.1, 0.15) is 11.6 Å². The minimum atomic E-state index is -0.658. The van der Waals surface area contributed by atoms with Crippen molar-refractivity contribution in [2.45, 2.75) is 38.6 Å². The molecule has 0 radical (unpaired) electrons. The summed E-state index contributed by atoms with van der Waals surface area (Å²) in [5, 5.41) is 0.0551. The second-order valence-electron chi connectivity index (χ2n) is 3.89. The molecule has 1 nitrogen and oxygen atoms in total. The lowest BCUT2D eigenvalue weighted by molar-refractivity contribution is 0.498. The van der Waals surface area contributed by atoms with Crippen molar-refractivity contribution in [3.05, 3.63) is 34.4 Å². The third-order valence-corrected chi connectivity index (χ3v) is 2.75. The molecule has 1 aromatic rings. The third-order valence-electron chi connectivity index (χ3n) is 2.53. The zero-order chi connectivity index (χ0) is 12.1. The Kier molecular flexibility index (Phi) is 7.68. The van der Waals surface area contributed by atoms with Crippen molar-refractivity contribution in [2.24, 2.45) is 5.73 Å². The highest BCUT2D eigenvalue weighted by atomic mass is 35.5. The highest BCUT2D eigenvalue weighted by molar-refractivity contribution is 6.30. The molecule has 0 aliphatic rings. The predicted octanol–water partition coefficient (Wildman–Crippen LogP) is 4.62. The van der Waals surface area contributed by atoms with Gasteiger partial charge >= 0.3 is 0 Å². The molecule has 0 aliphatic heterocycles. The summed E-state index contributed by atoms with van der Waals surface area (Å²) in [7, 11) is 0. The SMILES string of the molecule is CCCCC[C@@H](N)c1c(F)cc(Cl)cc1F.Cl. The topological polar surface area (TPSA) is 26.0 Å². The van der Waals surface area contributed by atoms with E-state index in [0.29, 0.717) is 6.42 Å². The zero-order valence-corrected chi connectivity index (χ0v) is 11.3. The van der Waals surface area contributed by atoms with Crippen molar-refractivity contribution in [1.29, 1.82) is 0 Å². The van der Waals surface area contributed by atoms with Gasteiger partial charge in [-0.05, 0) is 18.6 Å². The van der Waals surface area contributed by atoms with E-state index in [-0.39, 0.29) is 23.0 Å². The Labute approximate surface area is 112 Å². The van der Waals surface area contributed by atoms with Crippen LogP contribution >= 0.6 is 24.0 Å². The van der Waals surface area contributed by atoms with Crippen molar-refractivity contribution >= 4 is 24.0 Å². The van der Waals surface area contributed by atoms with Gasteiger partial charge in [0.05, 0.1) is 0 Å². The van der Waals surface area contributed by atoms with Gasteiger partial charge in [-0.2, -0.15) is 0 Å². The maximum absolute atomic E-state index is 13.5. The van der Waals surface area contributed by atoms with E-state index >= 15 is 0 Å². The summed E-state index contributed by atoms with van der Waals surface area (Å²) in [6, 6.07) is 1.60. The highest BCUT2D eigenvalue weighted by Gasteiger charge is 2.17. The van der Waals surface area contributed by atoms with Crippen molar-refractivity contribution < 1.29 is 8.78 Å². The molecular formula is C12H17Cl2F2N. The molecule has 0 fully saturated rings. The van der Waals surface area contributed by atoms with E-state index in [9.17, 15) is 8.78 Å². The quantitative estimate of drug-likeness (QED) is 0.784. The van der Waals surface area contributed by atoms with E-state index in [0.717, 1.165) is 31.4 Å². The number of hydrogen-bond acceptors (Lipinski definition) is 1. The number of halogens is 4. The Morgan fingerprint density at radius 2 is 1.76 bits per heavy atom. The summed E-state index contributed by atoms with van der Waals surface area (Å²) in [4.78, 5) is 0. The average Bonchev–Trinajstić information content (AvgIpc) is 2.16. The van der Waals surface area contributed by atoms with Crippen LogP contribution in [0.5, 0.6) is 0 Å². The van der Waals surface area contributed by atoms with Gasteiger partial charge in [-0.3, -0.25) is 0 Å². The molecule has 0 unspecified atom stereocenters. The van der Waals surface area contributed by atoms with Crippen LogP contribution in [0.2, 0.25) is 5.02 Å². The molecule has 0 saturated carbocycles. The third kappa shape index (κ3) is 4.78. The first kappa shape index (κ1) is 16.6. The van der Waals surface area contributed by atoms with Crippen molar-refractivity contribution in [2.75, 3.05) is 0 Å². The van der Waals surface area contributed by atoms with Crippen LogP contribution < -0.4 is 5.73 Å². The molecule has 17 heavy (non-hydrogen) atoms. The molecule has 1 aromatic carbocycles. The lowest BCUT2D eigenvalue weighted by Gasteiger charge is -2.13.